The largest absolute Gasteiger partial charge is 0.338 e. The maximum Gasteiger partial charge on any atom is 0.246 e. The Kier molecular flexibility index (Phi) is 6.31. The SMILES string of the molecule is Cc1cc(C)nc(Nc2nccnc2[C@@H]2CCCN(C(=O)/C=C/c3csc(C)n3)C2)n1. The molecule has 1 aliphatic rings. The van der Waals surface area contributed by atoms with Crippen molar-refractivity contribution >= 4 is 35.1 Å². The number of nitrogens with zero attached hydrogens (tertiary/aromatic N) is 6. The van der Waals surface area contributed by atoms with Crippen LogP contribution in [0.1, 0.15) is 46.5 Å². The zero-order chi connectivity index (χ0) is 21.8. The van der Waals surface area contributed by atoms with E-state index in [9.17, 15) is 4.79 Å². The molecule has 1 amide bonds. The van der Waals surface area contributed by atoms with E-state index < -0.39 is 0 Å². The number of likely N-dealkylation sites (tertiary alicyclic amines) is 1. The van der Waals surface area contributed by atoms with Gasteiger partial charge in [0.1, 0.15) is 0 Å². The average molecular weight is 436 g/mol. The summed E-state index contributed by atoms with van der Waals surface area (Å²) in [6, 6.07) is 1.92. The highest BCUT2D eigenvalue weighted by Crippen LogP contribution is 2.30. The first-order valence-electron chi connectivity index (χ1n) is 10.3. The van der Waals surface area contributed by atoms with Crippen LogP contribution in [0.25, 0.3) is 6.08 Å². The number of thiazole rings is 1. The van der Waals surface area contributed by atoms with Gasteiger partial charge in [-0.1, -0.05) is 0 Å². The van der Waals surface area contributed by atoms with Crippen LogP contribution < -0.4 is 5.32 Å². The van der Waals surface area contributed by atoms with Crippen LogP contribution in [0.2, 0.25) is 0 Å². The second-order valence-electron chi connectivity index (χ2n) is 7.64. The molecule has 0 aromatic carbocycles. The Balaban J connectivity index is 1.49. The van der Waals surface area contributed by atoms with Crippen molar-refractivity contribution in [2.24, 2.45) is 0 Å². The van der Waals surface area contributed by atoms with E-state index in [1.54, 1.807) is 35.9 Å². The fourth-order valence-corrected chi connectivity index (χ4v) is 4.33. The van der Waals surface area contributed by atoms with Crippen molar-refractivity contribution in [1.29, 1.82) is 0 Å². The van der Waals surface area contributed by atoms with Gasteiger partial charge in [-0.25, -0.2) is 19.9 Å². The van der Waals surface area contributed by atoms with E-state index in [1.165, 1.54) is 0 Å². The number of hydrogen-bond donors (Lipinski definition) is 1. The summed E-state index contributed by atoms with van der Waals surface area (Å²) in [7, 11) is 0. The molecule has 4 heterocycles. The second-order valence-corrected chi connectivity index (χ2v) is 8.70. The number of aromatic nitrogens is 5. The van der Waals surface area contributed by atoms with E-state index in [-0.39, 0.29) is 11.8 Å². The topological polar surface area (TPSA) is 96.8 Å². The number of aryl methyl sites for hydroxylation is 3. The third kappa shape index (κ3) is 5.29. The van der Waals surface area contributed by atoms with Crippen LogP contribution in [0.4, 0.5) is 11.8 Å². The summed E-state index contributed by atoms with van der Waals surface area (Å²) in [5.41, 5.74) is 3.43. The Morgan fingerprint density at radius 2 is 1.94 bits per heavy atom. The summed E-state index contributed by atoms with van der Waals surface area (Å²) in [6.45, 7) is 7.15. The highest BCUT2D eigenvalue weighted by atomic mass is 32.1. The van der Waals surface area contributed by atoms with Crippen molar-refractivity contribution in [2.45, 2.75) is 39.5 Å². The third-order valence-corrected chi connectivity index (χ3v) is 5.88. The molecule has 0 unspecified atom stereocenters. The number of piperidine rings is 1. The monoisotopic (exact) mass is 435 g/mol. The van der Waals surface area contributed by atoms with Crippen LogP contribution in [-0.2, 0) is 4.79 Å². The molecule has 0 bridgehead atoms. The number of carbonyl (C=O) groups is 1. The minimum Gasteiger partial charge on any atom is -0.338 e. The maximum atomic E-state index is 12.7. The van der Waals surface area contributed by atoms with Gasteiger partial charge >= 0.3 is 0 Å². The first-order chi connectivity index (χ1) is 15.0. The molecule has 9 heteroatoms. The molecule has 8 nitrogen and oxygen atoms in total. The Hall–Kier alpha value is -3.20. The molecule has 0 aliphatic carbocycles. The molecular formula is C22H25N7OS. The van der Waals surface area contributed by atoms with E-state index in [4.69, 9.17) is 0 Å². The van der Waals surface area contributed by atoms with E-state index in [2.05, 4.69) is 30.2 Å². The summed E-state index contributed by atoms with van der Waals surface area (Å²) in [5.74, 6) is 1.23. The van der Waals surface area contributed by atoms with Crippen LogP contribution >= 0.6 is 11.3 Å². The summed E-state index contributed by atoms with van der Waals surface area (Å²) < 4.78 is 0. The Morgan fingerprint density at radius 3 is 2.68 bits per heavy atom. The van der Waals surface area contributed by atoms with Gasteiger partial charge in [-0.2, -0.15) is 0 Å². The number of anilines is 2. The van der Waals surface area contributed by atoms with E-state index in [0.29, 0.717) is 18.3 Å². The minimum absolute atomic E-state index is 0.00797. The molecule has 31 heavy (non-hydrogen) atoms. The third-order valence-electron chi connectivity index (χ3n) is 5.09. The van der Waals surface area contributed by atoms with Crippen molar-refractivity contribution in [2.75, 3.05) is 18.4 Å². The van der Waals surface area contributed by atoms with Gasteiger partial charge < -0.3 is 10.2 Å². The molecule has 0 spiro atoms. The summed E-state index contributed by atoms with van der Waals surface area (Å²) in [4.78, 5) is 37.0. The molecule has 160 valence electrons. The molecule has 0 saturated carbocycles. The van der Waals surface area contributed by atoms with Gasteiger partial charge in [-0.15, -0.1) is 11.3 Å². The van der Waals surface area contributed by atoms with Crippen LogP contribution in [0, 0.1) is 20.8 Å². The number of carbonyl (C=O) groups excluding carboxylic acids is 1. The number of hydrogen-bond acceptors (Lipinski definition) is 8. The van der Waals surface area contributed by atoms with Crippen LogP contribution in [0.15, 0.2) is 29.9 Å². The van der Waals surface area contributed by atoms with Gasteiger partial charge in [-0.3, -0.25) is 9.78 Å². The number of rotatable bonds is 5. The van der Waals surface area contributed by atoms with Crippen molar-refractivity contribution in [3.05, 3.63) is 57.7 Å². The van der Waals surface area contributed by atoms with E-state index in [1.807, 2.05) is 37.1 Å². The number of nitrogens with one attached hydrogen (secondary N) is 1. The van der Waals surface area contributed by atoms with Crippen LogP contribution in [0.5, 0.6) is 0 Å². The lowest BCUT2D eigenvalue weighted by Gasteiger charge is -2.32. The summed E-state index contributed by atoms with van der Waals surface area (Å²) >= 11 is 1.57. The maximum absolute atomic E-state index is 12.7. The minimum atomic E-state index is -0.00797. The number of amides is 1. The van der Waals surface area contributed by atoms with Crippen LogP contribution in [-0.4, -0.2) is 48.8 Å². The van der Waals surface area contributed by atoms with Gasteiger partial charge in [-0.05, 0) is 45.8 Å². The molecule has 3 aromatic heterocycles. The molecule has 1 aliphatic heterocycles. The lowest BCUT2D eigenvalue weighted by atomic mass is 9.94. The van der Waals surface area contributed by atoms with E-state index >= 15 is 0 Å². The summed E-state index contributed by atoms with van der Waals surface area (Å²) in [5, 5.41) is 6.16. The molecule has 4 rings (SSSR count). The Labute approximate surface area is 185 Å². The smallest absolute Gasteiger partial charge is 0.246 e. The molecular weight excluding hydrogens is 410 g/mol. The molecule has 1 N–H and O–H groups in total. The highest BCUT2D eigenvalue weighted by molar-refractivity contribution is 7.09. The van der Waals surface area contributed by atoms with Crippen molar-refractivity contribution in [3.8, 4) is 0 Å². The lowest BCUT2D eigenvalue weighted by Crippen LogP contribution is -2.38. The first-order valence-corrected chi connectivity index (χ1v) is 11.2. The van der Waals surface area contributed by atoms with Crippen molar-refractivity contribution in [1.82, 2.24) is 29.8 Å². The van der Waals surface area contributed by atoms with E-state index in [0.717, 1.165) is 47.2 Å². The Bertz CT molecular complexity index is 1090. The van der Waals surface area contributed by atoms with Gasteiger partial charge in [0.05, 0.1) is 16.4 Å². The van der Waals surface area contributed by atoms with Crippen molar-refractivity contribution in [3.63, 3.8) is 0 Å². The van der Waals surface area contributed by atoms with Crippen LogP contribution in [0.3, 0.4) is 0 Å². The fourth-order valence-electron chi connectivity index (χ4n) is 3.75. The second kappa shape index (κ2) is 9.30. The van der Waals surface area contributed by atoms with Gasteiger partial charge in [0.15, 0.2) is 5.82 Å². The van der Waals surface area contributed by atoms with Gasteiger partial charge in [0.2, 0.25) is 11.9 Å². The van der Waals surface area contributed by atoms with Gasteiger partial charge in [0, 0.05) is 54.2 Å². The predicted octanol–water partition coefficient (Wildman–Crippen LogP) is 3.81. The predicted molar refractivity (Wildman–Crippen MR) is 121 cm³/mol. The molecule has 3 aromatic rings. The molecule has 1 fully saturated rings. The molecule has 1 saturated heterocycles. The first kappa shape index (κ1) is 21.0. The van der Waals surface area contributed by atoms with Crippen molar-refractivity contribution < 1.29 is 4.79 Å². The fraction of sp³-hybridized carbons (Fsp3) is 0.364. The Morgan fingerprint density at radius 1 is 1.16 bits per heavy atom. The molecule has 0 radical (unpaired) electrons. The zero-order valence-electron chi connectivity index (χ0n) is 17.9. The standard InChI is InChI=1S/C22H25N7OS/c1-14-11-15(2)26-22(25-14)28-21-20(23-8-9-24-21)17-5-4-10-29(12-17)19(30)7-6-18-13-31-16(3)27-18/h6-9,11,13,17H,4-5,10,12H2,1-3H3,(H,24,25,26,28)/b7-6+/t17-/m1/s1. The quantitative estimate of drug-likeness (QED) is 0.609. The molecule has 1 atom stereocenters. The zero-order valence-corrected chi connectivity index (χ0v) is 18.7. The lowest BCUT2D eigenvalue weighted by molar-refractivity contribution is -0.127. The normalized spacial score (nSPS) is 16.6. The van der Waals surface area contributed by atoms with Gasteiger partial charge in [0.25, 0.3) is 0 Å². The average Bonchev–Trinajstić information content (AvgIpc) is 3.17. The summed E-state index contributed by atoms with van der Waals surface area (Å²) in [6.07, 6.45) is 8.58. The highest BCUT2D eigenvalue weighted by Gasteiger charge is 2.27.